The topological polar surface area (TPSA) is 36.9 Å². The smallest absolute Gasteiger partial charge is 0.193 e. The molecule has 0 radical (unpaired) electrons. The van der Waals surface area contributed by atoms with E-state index < -0.39 is 0 Å². The van der Waals surface area contributed by atoms with Gasteiger partial charge in [0.25, 0.3) is 0 Å². The van der Waals surface area contributed by atoms with Gasteiger partial charge in [0.1, 0.15) is 5.82 Å². The quantitative estimate of drug-likeness (QED) is 0.433. The number of piperidine rings is 1. The van der Waals surface area contributed by atoms with E-state index in [0.717, 1.165) is 24.6 Å². The summed E-state index contributed by atoms with van der Waals surface area (Å²) < 4.78 is 18.6. The third-order valence-electron chi connectivity index (χ3n) is 4.35. The summed E-state index contributed by atoms with van der Waals surface area (Å²) in [6.07, 6.45) is 1.14. The predicted molar refractivity (Wildman–Crippen MR) is 107 cm³/mol. The fraction of sp³-hybridized carbons (Fsp3) is 0.611. The Kier molecular flexibility index (Phi) is 8.97. The Hall–Kier alpha value is -0.890. The lowest BCUT2D eigenvalue weighted by atomic mass is 9.92. The molecule has 1 fully saturated rings. The van der Waals surface area contributed by atoms with Gasteiger partial charge in [-0.25, -0.2) is 4.39 Å². The summed E-state index contributed by atoms with van der Waals surface area (Å²) >= 11 is 0. The summed E-state index contributed by atoms with van der Waals surface area (Å²) in [5.74, 6) is 2.02. The fourth-order valence-corrected chi connectivity index (χ4v) is 3.37. The molecule has 1 heterocycles. The number of hydrogen-bond acceptors (Lipinski definition) is 2. The summed E-state index contributed by atoms with van der Waals surface area (Å²) in [4.78, 5) is 6.73. The van der Waals surface area contributed by atoms with E-state index in [2.05, 4.69) is 29.1 Å². The monoisotopic (exact) mass is 449 g/mol. The van der Waals surface area contributed by atoms with Crippen LogP contribution < -0.4 is 5.32 Å². The first-order valence-corrected chi connectivity index (χ1v) is 8.27. The van der Waals surface area contributed by atoms with Crippen LogP contribution in [0.5, 0.6) is 0 Å². The van der Waals surface area contributed by atoms with E-state index in [4.69, 9.17) is 4.74 Å². The first kappa shape index (κ1) is 21.2. The zero-order valence-electron chi connectivity index (χ0n) is 15.0. The van der Waals surface area contributed by atoms with Gasteiger partial charge in [-0.05, 0) is 36.0 Å². The highest BCUT2D eigenvalue weighted by Gasteiger charge is 2.24. The minimum Gasteiger partial charge on any atom is -0.375 e. The van der Waals surface area contributed by atoms with Crippen molar-refractivity contribution in [3.05, 3.63) is 35.6 Å². The van der Waals surface area contributed by atoms with E-state index >= 15 is 0 Å². The zero-order valence-corrected chi connectivity index (χ0v) is 17.3. The van der Waals surface area contributed by atoms with Gasteiger partial charge in [0, 0.05) is 33.8 Å². The van der Waals surface area contributed by atoms with E-state index in [1.165, 1.54) is 18.6 Å². The van der Waals surface area contributed by atoms with E-state index in [-0.39, 0.29) is 35.9 Å². The van der Waals surface area contributed by atoms with E-state index in [1.807, 2.05) is 7.05 Å². The largest absolute Gasteiger partial charge is 0.375 e. The van der Waals surface area contributed by atoms with Crippen LogP contribution in [0.15, 0.2) is 29.3 Å². The van der Waals surface area contributed by atoms with Gasteiger partial charge in [-0.15, -0.1) is 24.0 Å². The van der Waals surface area contributed by atoms with Crippen molar-refractivity contribution in [2.45, 2.75) is 26.4 Å². The van der Waals surface area contributed by atoms with Gasteiger partial charge in [-0.3, -0.25) is 4.99 Å². The highest BCUT2D eigenvalue weighted by atomic mass is 127. The third-order valence-corrected chi connectivity index (χ3v) is 4.35. The SMILES string of the molecule is CN=C(NCC(OC)c1ccc(F)cc1)N1CC(C)CC(C)C1.I. The number of rotatable bonds is 4. The fourth-order valence-electron chi connectivity index (χ4n) is 3.37. The van der Waals surface area contributed by atoms with Crippen molar-refractivity contribution < 1.29 is 9.13 Å². The second-order valence-corrected chi connectivity index (χ2v) is 6.56. The standard InChI is InChI=1S/C18H28FN3O.HI/c1-13-9-14(2)12-22(11-13)18(20-3)21-10-17(23-4)15-5-7-16(19)8-6-15;/h5-8,13-14,17H,9-12H2,1-4H3,(H,20,21);1H. The Morgan fingerprint density at radius 2 is 1.88 bits per heavy atom. The maximum Gasteiger partial charge on any atom is 0.193 e. The molecule has 0 spiro atoms. The van der Waals surface area contributed by atoms with Gasteiger partial charge >= 0.3 is 0 Å². The average Bonchev–Trinajstić information content (AvgIpc) is 2.52. The van der Waals surface area contributed by atoms with Gasteiger partial charge < -0.3 is 15.0 Å². The second kappa shape index (κ2) is 10.2. The number of benzene rings is 1. The summed E-state index contributed by atoms with van der Waals surface area (Å²) in [7, 11) is 3.48. The third kappa shape index (κ3) is 5.88. The van der Waals surface area contributed by atoms with Crippen molar-refractivity contribution in [1.82, 2.24) is 10.2 Å². The molecule has 1 N–H and O–H groups in total. The molecule has 0 saturated carbocycles. The number of halogens is 2. The molecular weight excluding hydrogens is 420 g/mol. The molecule has 0 amide bonds. The van der Waals surface area contributed by atoms with Crippen molar-refractivity contribution in [3.8, 4) is 0 Å². The number of nitrogens with one attached hydrogen (secondary N) is 1. The molecule has 3 atom stereocenters. The van der Waals surface area contributed by atoms with Crippen molar-refractivity contribution in [3.63, 3.8) is 0 Å². The Morgan fingerprint density at radius 3 is 2.38 bits per heavy atom. The van der Waals surface area contributed by atoms with Crippen LogP contribution in [0, 0.1) is 17.7 Å². The van der Waals surface area contributed by atoms with Crippen LogP contribution >= 0.6 is 24.0 Å². The Balaban J connectivity index is 0.00000288. The lowest BCUT2D eigenvalue weighted by Crippen LogP contribution is -2.49. The number of hydrogen-bond donors (Lipinski definition) is 1. The molecule has 0 aliphatic carbocycles. The van der Waals surface area contributed by atoms with Gasteiger partial charge in [0.05, 0.1) is 6.10 Å². The van der Waals surface area contributed by atoms with Crippen LogP contribution in [0.4, 0.5) is 4.39 Å². The molecule has 1 aromatic carbocycles. The molecule has 1 aliphatic rings. The molecule has 4 nitrogen and oxygen atoms in total. The van der Waals surface area contributed by atoms with E-state index in [0.29, 0.717) is 18.4 Å². The minimum atomic E-state index is -0.233. The lowest BCUT2D eigenvalue weighted by molar-refractivity contribution is 0.105. The normalized spacial score (nSPS) is 22.7. The molecule has 1 aromatic rings. The van der Waals surface area contributed by atoms with Crippen molar-refractivity contribution in [2.24, 2.45) is 16.8 Å². The molecule has 6 heteroatoms. The predicted octanol–water partition coefficient (Wildman–Crippen LogP) is 3.68. The maximum atomic E-state index is 13.1. The van der Waals surface area contributed by atoms with Crippen molar-refractivity contribution in [1.29, 1.82) is 0 Å². The number of ether oxygens (including phenoxy) is 1. The molecule has 136 valence electrons. The van der Waals surface area contributed by atoms with Crippen LogP contribution in [0.2, 0.25) is 0 Å². The summed E-state index contributed by atoms with van der Waals surface area (Å²) in [6, 6.07) is 6.45. The zero-order chi connectivity index (χ0) is 16.8. The maximum absolute atomic E-state index is 13.1. The van der Waals surface area contributed by atoms with E-state index in [1.54, 1.807) is 19.2 Å². The number of likely N-dealkylation sites (tertiary alicyclic amines) is 1. The molecule has 2 rings (SSSR count). The van der Waals surface area contributed by atoms with Gasteiger partial charge in [0.2, 0.25) is 0 Å². The van der Waals surface area contributed by atoms with Crippen LogP contribution in [-0.4, -0.2) is 44.7 Å². The Labute approximate surface area is 161 Å². The minimum absolute atomic E-state index is 0. The molecular formula is C18H29FIN3O. The van der Waals surface area contributed by atoms with Crippen LogP contribution in [-0.2, 0) is 4.74 Å². The molecule has 1 saturated heterocycles. The molecule has 24 heavy (non-hydrogen) atoms. The summed E-state index contributed by atoms with van der Waals surface area (Å²) in [6.45, 7) is 7.23. The lowest BCUT2D eigenvalue weighted by Gasteiger charge is -2.37. The second-order valence-electron chi connectivity index (χ2n) is 6.56. The van der Waals surface area contributed by atoms with E-state index in [9.17, 15) is 4.39 Å². The van der Waals surface area contributed by atoms with Gasteiger partial charge in [-0.1, -0.05) is 26.0 Å². The van der Waals surface area contributed by atoms with Gasteiger partial charge in [0.15, 0.2) is 5.96 Å². The number of aliphatic imine (C=N–C) groups is 1. The number of guanidine groups is 1. The molecule has 0 aromatic heterocycles. The number of nitrogens with zero attached hydrogens (tertiary/aromatic N) is 2. The molecule has 1 aliphatic heterocycles. The average molecular weight is 449 g/mol. The van der Waals surface area contributed by atoms with Crippen molar-refractivity contribution in [2.75, 3.05) is 33.8 Å². The molecule has 0 bridgehead atoms. The highest BCUT2D eigenvalue weighted by molar-refractivity contribution is 14.0. The molecule has 3 unspecified atom stereocenters. The van der Waals surface area contributed by atoms with Crippen LogP contribution in [0.25, 0.3) is 0 Å². The Bertz CT molecular complexity index is 514. The van der Waals surface area contributed by atoms with Crippen LogP contribution in [0.3, 0.4) is 0 Å². The number of methoxy groups -OCH3 is 1. The summed E-state index contributed by atoms with van der Waals surface area (Å²) in [5, 5.41) is 3.40. The first-order valence-electron chi connectivity index (χ1n) is 8.27. The highest BCUT2D eigenvalue weighted by Crippen LogP contribution is 2.21. The first-order chi connectivity index (χ1) is 11.0. The van der Waals surface area contributed by atoms with Crippen molar-refractivity contribution >= 4 is 29.9 Å². The summed E-state index contributed by atoms with van der Waals surface area (Å²) in [5.41, 5.74) is 0.956. The van der Waals surface area contributed by atoms with Gasteiger partial charge in [-0.2, -0.15) is 0 Å². The van der Waals surface area contributed by atoms with Crippen LogP contribution in [0.1, 0.15) is 31.9 Å². The Morgan fingerprint density at radius 1 is 1.29 bits per heavy atom.